The molecule has 2 rings (SSSR count). The van der Waals surface area contributed by atoms with Crippen molar-refractivity contribution >= 4 is 23.8 Å². The van der Waals surface area contributed by atoms with Crippen molar-refractivity contribution in [1.29, 1.82) is 0 Å². The second kappa shape index (κ2) is 11.1. The fourth-order valence-electron chi connectivity index (χ4n) is 2.81. The zero-order valence-corrected chi connectivity index (χ0v) is 18.6. The van der Waals surface area contributed by atoms with E-state index in [1.807, 2.05) is 44.2 Å². The third-order valence-corrected chi connectivity index (χ3v) is 4.57. The summed E-state index contributed by atoms with van der Waals surface area (Å²) in [6, 6.07) is 7.07. The fraction of sp³-hybridized carbons (Fsp3) is 0.409. The fourth-order valence-corrected chi connectivity index (χ4v) is 2.81. The van der Waals surface area contributed by atoms with Crippen LogP contribution in [0.15, 0.2) is 34.7 Å². The van der Waals surface area contributed by atoms with Crippen LogP contribution in [0.25, 0.3) is 0 Å². The molecule has 2 amide bonds. The number of alkyl carbamates (subject to hydrolysis) is 1. The number of carbonyl (C=O) groups excluding carboxylic acids is 4. The Hall–Kier alpha value is -3.69. The van der Waals surface area contributed by atoms with Gasteiger partial charge in [0.15, 0.2) is 17.5 Å². The first kappa shape index (κ1) is 24.6. The maximum absolute atomic E-state index is 12.6. The van der Waals surface area contributed by atoms with Crippen molar-refractivity contribution in [3.63, 3.8) is 0 Å². The zero-order valence-electron chi connectivity index (χ0n) is 18.6. The Morgan fingerprint density at radius 3 is 2.31 bits per heavy atom. The van der Waals surface area contributed by atoms with E-state index in [0.29, 0.717) is 0 Å². The summed E-state index contributed by atoms with van der Waals surface area (Å²) in [7, 11) is 1.11. The second-order valence-electron chi connectivity index (χ2n) is 7.42. The number of carbonyl (C=O) groups is 4. The largest absolute Gasteiger partial charge is 0.467 e. The Labute approximate surface area is 185 Å². The van der Waals surface area contributed by atoms with Gasteiger partial charge < -0.3 is 24.5 Å². The number of methoxy groups -OCH3 is 1. The summed E-state index contributed by atoms with van der Waals surface area (Å²) < 4.78 is 15.4. The smallest absolute Gasteiger partial charge is 0.408 e. The molecule has 1 aromatic heterocycles. The highest BCUT2D eigenvalue weighted by molar-refractivity contribution is 6.07. The summed E-state index contributed by atoms with van der Waals surface area (Å²) in [4.78, 5) is 52.5. The van der Waals surface area contributed by atoms with Gasteiger partial charge in [-0.25, -0.2) is 14.6 Å². The molecule has 0 fully saturated rings. The number of oxazole rings is 1. The van der Waals surface area contributed by atoms with E-state index in [2.05, 4.69) is 20.4 Å². The van der Waals surface area contributed by atoms with E-state index >= 15 is 0 Å². The van der Waals surface area contributed by atoms with Crippen LogP contribution in [0.5, 0.6) is 0 Å². The average molecular weight is 445 g/mol. The topological polar surface area (TPSA) is 137 Å². The lowest BCUT2D eigenvalue weighted by Gasteiger charge is -2.19. The number of nitrogens with zero attached hydrogens (tertiary/aromatic N) is 1. The highest BCUT2D eigenvalue weighted by Crippen LogP contribution is 2.24. The van der Waals surface area contributed by atoms with Gasteiger partial charge in [0.25, 0.3) is 5.91 Å². The zero-order chi connectivity index (χ0) is 23.8. The molecule has 0 bridgehead atoms. The summed E-state index contributed by atoms with van der Waals surface area (Å²) in [5, 5.41) is 4.98. The molecule has 0 aliphatic rings. The lowest BCUT2D eigenvalue weighted by molar-refractivity contribution is -0.145. The number of aryl methyl sites for hydroxylation is 1. The van der Waals surface area contributed by atoms with Gasteiger partial charge in [-0.15, -0.1) is 0 Å². The normalized spacial score (nSPS) is 12.6. The van der Waals surface area contributed by atoms with E-state index in [0.717, 1.165) is 19.6 Å². The number of hydrogen-bond donors (Lipinski definition) is 2. The highest BCUT2D eigenvalue weighted by atomic mass is 16.5. The van der Waals surface area contributed by atoms with Gasteiger partial charge in [0.05, 0.1) is 7.11 Å². The third-order valence-electron chi connectivity index (χ3n) is 4.57. The standard InChI is InChI=1S/C22H27N3O7/c1-12(2)16(25-22(29)31-11-15-9-7-6-8-10-15)20-24-18(14(4)32-20)19(27)23-17(13(3)26)21(28)30-5/h6-10,12,16-17H,11H2,1-5H3,(H,23,27)(H,25,29)/t16-,17?/m0/s1. The van der Waals surface area contributed by atoms with Crippen molar-refractivity contribution in [1.82, 2.24) is 15.6 Å². The van der Waals surface area contributed by atoms with Gasteiger partial charge in [-0.1, -0.05) is 44.2 Å². The van der Waals surface area contributed by atoms with Gasteiger partial charge >= 0.3 is 12.1 Å². The van der Waals surface area contributed by atoms with Crippen molar-refractivity contribution in [3.05, 3.63) is 53.2 Å². The predicted molar refractivity (Wildman–Crippen MR) is 113 cm³/mol. The molecular formula is C22H27N3O7. The molecule has 2 aromatic rings. The number of amides is 2. The molecule has 1 heterocycles. The van der Waals surface area contributed by atoms with Crippen LogP contribution in [0.1, 0.15) is 54.5 Å². The van der Waals surface area contributed by atoms with Crippen LogP contribution in [0, 0.1) is 12.8 Å². The SMILES string of the molecule is COC(=O)C(NC(=O)c1nc([C@@H](NC(=O)OCc2ccccc2)C(C)C)oc1C)C(C)=O. The number of ether oxygens (including phenoxy) is 2. The Morgan fingerprint density at radius 2 is 1.75 bits per heavy atom. The lowest BCUT2D eigenvalue weighted by atomic mass is 10.1. The molecule has 0 saturated heterocycles. The summed E-state index contributed by atoms with van der Waals surface area (Å²) in [6.45, 7) is 6.44. The Morgan fingerprint density at radius 1 is 1.09 bits per heavy atom. The van der Waals surface area contributed by atoms with Crippen LogP contribution < -0.4 is 10.6 Å². The van der Waals surface area contributed by atoms with Gasteiger partial charge in [-0.05, 0) is 25.3 Å². The molecule has 1 aromatic carbocycles. The maximum atomic E-state index is 12.6. The molecule has 0 aliphatic heterocycles. The van der Waals surface area contributed by atoms with Gasteiger partial charge in [0, 0.05) is 0 Å². The number of Topliss-reactive ketones (excluding diaryl/α,β-unsaturated/α-hetero) is 1. The van der Waals surface area contributed by atoms with Crippen molar-refractivity contribution in [2.45, 2.75) is 46.4 Å². The summed E-state index contributed by atoms with van der Waals surface area (Å²) in [5.74, 6) is -2.15. The van der Waals surface area contributed by atoms with E-state index in [1.54, 1.807) is 0 Å². The molecule has 0 saturated carbocycles. The lowest BCUT2D eigenvalue weighted by Crippen LogP contribution is -2.46. The molecule has 10 heteroatoms. The van der Waals surface area contributed by atoms with Crippen LogP contribution in [0.4, 0.5) is 4.79 Å². The van der Waals surface area contributed by atoms with E-state index in [9.17, 15) is 19.2 Å². The minimum absolute atomic E-state index is 0.0930. The monoisotopic (exact) mass is 445 g/mol. The van der Waals surface area contributed by atoms with Crippen LogP contribution in [0.2, 0.25) is 0 Å². The van der Waals surface area contributed by atoms with Crippen molar-refractivity contribution < 1.29 is 33.1 Å². The quantitative estimate of drug-likeness (QED) is 0.444. The van der Waals surface area contributed by atoms with Crippen LogP contribution in [-0.4, -0.2) is 41.9 Å². The van der Waals surface area contributed by atoms with Gasteiger partial charge in [-0.2, -0.15) is 0 Å². The molecule has 0 radical (unpaired) electrons. The first-order chi connectivity index (χ1) is 15.1. The molecular weight excluding hydrogens is 418 g/mol. The molecule has 172 valence electrons. The summed E-state index contributed by atoms with van der Waals surface area (Å²) >= 11 is 0. The van der Waals surface area contributed by atoms with E-state index < -0.39 is 35.8 Å². The molecule has 32 heavy (non-hydrogen) atoms. The number of ketones is 1. The number of aromatic nitrogens is 1. The average Bonchev–Trinajstić information content (AvgIpc) is 3.15. The summed E-state index contributed by atoms with van der Waals surface area (Å²) in [6.07, 6.45) is -0.670. The first-order valence-electron chi connectivity index (χ1n) is 9.97. The summed E-state index contributed by atoms with van der Waals surface area (Å²) in [5.41, 5.74) is 0.723. The van der Waals surface area contributed by atoms with Gasteiger partial charge in [0.2, 0.25) is 5.89 Å². The Bertz CT molecular complexity index is 969. The van der Waals surface area contributed by atoms with Crippen molar-refractivity contribution in [2.24, 2.45) is 5.92 Å². The van der Waals surface area contributed by atoms with Crippen LogP contribution in [0.3, 0.4) is 0 Å². The number of esters is 1. The first-order valence-corrected chi connectivity index (χ1v) is 9.97. The third kappa shape index (κ3) is 6.40. The van der Waals surface area contributed by atoms with Crippen molar-refractivity contribution in [2.75, 3.05) is 7.11 Å². The molecule has 1 unspecified atom stereocenters. The Balaban J connectivity index is 2.12. The van der Waals surface area contributed by atoms with Gasteiger partial charge in [0.1, 0.15) is 18.4 Å². The number of benzene rings is 1. The van der Waals surface area contributed by atoms with Crippen LogP contribution >= 0.6 is 0 Å². The number of nitrogens with one attached hydrogen (secondary N) is 2. The minimum Gasteiger partial charge on any atom is -0.467 e. The molecule has 10 nitrogen and oxygen atoms in total. The Kier molecular flexibility index (Phi) is 8.51. The maximum Gasteiger partial charge on any atom is 0.408 e. The van der Waals surface area contributed by atoms with E-state index in [1.165, 1.54) is 6.92 Å². The second-order valence-corrected chi connectivity index (χ2v) is 7.42. The molecule has 2 N–H and O–H groups in total. The van der Waals surface area contributed by atoms with Gasteiger partial charge in [-0.3, -0.25) is 9.59 Å². The number of rotatable bonds is 9. The molecule has 2 atom stereocenters. The molecule has 0 spiro atoms. The van der Waals surface area contributed by atoms with Crippen LogP contribution in [-0.2, 0) is 25.7 Å². The predicted octanol–water partition coefficient (Wildman–Crippen LogP) is 2.47. The number of hydrogen-bond acceptors (Lipinski definition) is 8. The molecule has 0 aliphatic carbocycles. The van der Waals surface area contributed by atoms with E-state index in [-0.39, 0.29) is 29.9 Å². The minimum atomic E-state index is -1.46. The van der Waals surface area contributed by atoms with E-state index in [4.69, 9.17) is 9.15 Å². The highest BCUT2D eigenvalue weighted by Gasteiger charge is 2.31. The van der Waals surface area contributed by atoms with Crippen molar-refractivity contribution in [3.8, 4) is 0 Å².